The van der Waals surface area contributed by atoms with Gasteiger partial charge < -0.3 is 14.0 Å². The molecule has 2 aromatic rings. The minimum atomic E-state index is -0.313. The molecule has 156 valence electrons. The molecule has 0 aliphatic rings. The third kappa shape index (κ3) is 6.79. The highest BCUT2D eigenvalue weighted by molar-refractivity contribution is 7.99. The zero-order valence-electron chi connectivity index (χ0n) is 17.1. The molecule has 8 heteroatoms. The summed E-state index contributed by atoms with van der Waals surface area (Å²) in [5.41, 5.74) is 1.99. The zero-order chi connectivity index (χ0) is 21.2. The number of imidazole rings is 1. The smallest absolute Gasteiger partial charge is 0.326 e. The minimum absolute atomic E-state index is 0.0674. The number of aromatic nitrogens is 2. The molecule has 2 rings (SSSR count). The number of carbonyl (C=O) groups excluding carboxylic acids is 2. The quantitative estimate of drug-likeness (QED) is 0.309. The van der Waals surface area contributed by atoms with Gasteiger partial charge >= 0.3 is 11.9 Å². The predicted octanol–water partition coefficient (Wildman–Crippen LogP) is 4.08. The zero-order valence-corrected chi connectivity index (χ0v) is 18.0. The lowest BCUT2D eigenvalue weighted by atomic mass is 10.2. The van der Waals surface area contributed by atoms with Crippen LogP contribution >= 0.6 is 11.8 Å². The van der Waals surface area contributed by atoms with Gasteiger partial charge in [-0.1, -0.05) is 18.7 Å². The topological polar surface area (TPSA) is 94.2 Å². The first-order valence-corrected chi connectivity index (χ1v) is 10.8. The van der Waals surface area contributed by atoms with E-state index in [2.05, 4.69) is 11.1 Å². The molecule has 0 fully saturated rings. The van der Waals surface area contributed by atoms with Crippen molar-refractivity contribution in [2.45, 2.75) is 64.3 Å². The van der Waals surface area contributed by atoms with Gasteiger partial charge in [0.1, 0.15) is 6.54 Å². The molecular weight excluding hydrogens is 390 g/mol. The van der Waals surface area contributed by atoms with E-state index in [1.165, 1.54) is 11.8 Å². The molecule has 0 radical (unpaired) electrons. The number of rotatable bonds is 11. The number of nitrogens with zero attached hydrogens (tertiary/aromatic N) is 3. The van der Waals surface area contributed by atoms with Gasteiger partial charge in [-0.3, -0.25) is 9.59 Å². The molecule has 29 heavy (non-hydrogen) atoms. The highest BCUT2D eigenvalue weighted by Crippen LogP contribution is 2.26. The lowest BCUT2D eigenvalue weighted by Gasteiger charge is -2.13. The van der Waals surface area contributed by atoms with E-state index in [0.717, 1.165) is 30.5 Å². The summed E-state index contributed by atoms with van der Waals surface area (Å²) >= 11 is 1.53. The molecule has 1 atom stereocenters. The fourth-order valence-corrected chi connectivity index (χ4v) is 3.69. The highest BCUT2D eigenvalue weighted by Gasteiger charge is 2.17. The number of hydrogen-bond donors (Lipinski definition) is 0. The van der Waals surface area contributed by atoms with E-state index in [9.17, 15) is 9.59 Å². The van der Waals surface area contributed by atoms with Crippen molar-refractivity contribution in [1.29, 1.82) is 5.26 Å². The molecule has 7 nitrogen and oxygen atoms in total. The molecule has 0 aliphatic carbocycles. The third-order valence-electron chi connectivity index (χ3n) is 4.35. The van der Waals surface area contributed by atoms with Gasteiger partial charge in [-0.05, 0) is 51.3 Å². The van der Waals surface area contributed by atoms with Crippen LogP contribution in [0.4, 0.5) is 0 Å². The Hall–Kier alpha value is -2.53. The maximum atomic E-state index is 12.3. The van der Waals surface area contributed by atoms with Crippen LogP contribution in [0.3, 0.4) is 0 Å². The first-order chi connectivity index (χ1) is 14.0. The van der Waals surface area contributed by atoms with E-state index in [4.69, 9.17) is 14.7 Å². The van der Waals surface area contributed by atoms with Crippen molar-refractivity contribution < 1.29 is 19.1 Å². The molecule has 1 heterocycles. The Bertz CT molecular complexity index is 888. The second-order valence-corrected chi connectivity index (χ2v) is 7.68. The van der Waals surface area contributed by atoms with E-state index in [1.54, 1.807) is 19.1 Å². The third-order valence-corrected chi connectivity index (χ3v) is 5.41. The van der Waals surface area contributed by atoms with Gasteiger partial charge in [-0.2, -0.15) is 5.26 Å². The predicted molar refractivity (Wildman–Crippen MR) is 112 cm³/mol. The van der Waals surface area contributed by atoms with Gasteiger partial charge in [-0.25, -0.2) is 4.98 Å². The van der Waals surface area contributed by atoms with Crippen molar-refractivity contribution in [3.05, 3.63) is 23.8 Å². The van der Waals surface area contributed by atoms with Crippen LogP contribution in [0, 0.1) is 11.3 Å². The van der Waals surface area contributed by atoms with Crippen molar-refractivity contribution in [3.8, 4) is 6.07 Å². The van der Waals surface area contributed by atoms with E-state index >= 15 is 0 Å². The van der Waals surface area contributed by atoms with Crippen LogP contribution in [0.15, 0.2) is 23.4 Å². The maximum absolute atomic E-state index is 12.3. The number of hydrogen-bond acceptors (Lipinski definition) is 7. The number of nitriles is 1. The molecule has 0 saturated carbocycles. The second-order valence-electron chi connectivity index (χ2n) is 6.62. The summed E-state index contributed by atoms with van der Waals surface area (Å²) in [5, 5.41) is 9.83. The number of unbranched alkanes of at least 4 members (excludes halogenated alkanes) is 1. The molecule has 1 aromatic heterocycles. The first kappa shape index (κ1) is 22.8. The monoisotopic (exact) mass is 417 g/mol. The lowest BCUT2D eigenvalue weighted by Crippen LogP contribution is -2.19. The molecule has 0 spiro atoms. The van der Waals surface area contributed by atoms with E-state index in [1.807, 2.05) is 24.5 Å². The maximum Gasteiger partial charge on any atom is 0.326 e. The van der Waals surface area contributed by atoms with Crippen LogP contribution in [0.5, 0.6) is 0 Å². The van der Waals surface area contributed by atoms with Crippen molar-refractivity contribution in [2.75, 3.05) is 12.4 Å². The molecule has 0 amide bonds. The number of fused-ring (bicyclic) bond motifs is 1. The largest absolute Gasteiger partial charge is 0.466 e. The SMILES string of the molecule is CCOC(=O)CCCCSc1nc2cc(C#N)ccc2n1CC(=O)OC(C)CC. The summed E-state index contributed by atoms with van der Waals surface area (Å²) in [5.74, 6) is 0.266. The van der Waals surface area contributed by atoms with Gasteiger partial charge in [0, 0.05) is 12.2 Å². The first-order valence-electron chi connectivity index (χ1n) is 9.86. The molecule has 0 saturated heterocycles. The number of ether oxygens (including phenoxy) is 2. The van der Waals surface area contributed by atoms with Crippen LogP contribution in [0.2, 0.25) is 0 Å². The van der Waals surface area contributed by atoms with Gasteiger partial charge in [-0.15, -0.1) is 0 Å². The average Bonchev–Trinajstić information content (AvgIpc) is 3.04. The van der Waals surface area contributed by atoms with E-state index in [0.29, 0.717) is 29.3 Å². The Morgan fingerprint density at radius 1 is 1.28 bits per heavy atom. The Morgan fingerprint density at radius 2 is 2.07 bits per heavy atom. The fourth-order valence-electron chi connectivity index (χ4n) is 2.68. The number of esters is 2. The number of thioether (sulfide) groups is 1. The summed E-state index contributed by atoms with van der Waals surface area (Å²) in [6, 6.07) is 7.35. The van der Waals surface area contributed by atoms with Crippen molar-refractivity contribution in [3.63, 3.8) is 0 Å². The van der Waals surface area contributed by atoms with Crippen LogP contribution in [-0.2, 0) is 25.6 Å². The lowest BCUT2D eigenvalue weighted by molar-refractivity contribution is -0.149. The summed E-state index contributed by atoms with van der Waals surface area (Å²) in [4.78, 5) is 28.4. The van der Waals surface area contributed by atoms with Crippen molar-refractivity contribution in [1.82, 2.24) is 9.55 Å². The molecule has 1 aromatic carbocycles. The van der Waals surface area contributed by atoms with Gasteiger partial charge in [0.25, 0.3) is 0 Å². The van der Waals surface area contributed by atoms with E-state index in [-0.39, 0.29) is 24.6 Å². The van der Waals surface area contributed by atoms with Gasteiger partial charge in [0.15, 0.2) is 5.16 Å². The molecule has 0 bridgehead atoms. The number of benzene rings is 1. The van der Waals surface area contributed by atoms with Crippen LogP contribution in [0.25, 0.3) is 11.0 Å². The molecule has 0 aliphatic heterocycles. The molecule has 0 N–H and O–H groups in total. The van der Waals surface area contributed by atoms with Crippen molar-refractivity contribution in [2.24, 2.45) is 0 Å². The Morgan fingerprint density at radius 3 is 2.76 bits per heavy atom. The van der Waals surface area contributed by atoms with Gasteiger partial charge in [0.2, 0.25) is 0 Å². The van der Waals surface area contributed by atoms with Crippen LogP contribution < -0.4 is 0 Å². The fraction of sp³-hybridized carbons (Fsp3) is 0.524. The standard InChI is InChI=1S/C21H27N3O4S/c1-4-15(3)28-20(26)14-24-18-10-9-16(13-22)12-17(18)23-21(24)29-11-7-6-8-19(25)27-5-2/h9-10,12,15H,4-8,11,14H2,1-3H3. The summed E-state index contributed by atoms with van der Waals surface area (Å²) in [6.45, 7) is 6.09. The van der Waals surface area contributed by atoms with Gasteiger partial charge in [0.05, 0.1) is 35.4 Å². The van der Waals surface area contributed by atoms with E-state index < -0.39 is 0 Å². The Labute approximate surface area is 175 Å². The highest BCUT2D eigenvalue weighted by atomic mass is 32.2. The minimum Gasteiger partial charge on any atom is -0.466 e. The summed E-state index contributed by atoms with van der Waals surface area (Å²) < 4.78 is 12.2. The summed E-state index contributed by atoms with van der Waals surface area (Å²) in [7, 11) is 0. The Kier molecular flexibility index (Phi) is 9.00. The van der Waals surface area contributed by atoms with Crippen LogP contribution in [0.1, 0.15) is 52.0 Å². The van der Waals surface area contributed by atoms with Crippen molar-refractivity contribution >= 4 is 34.7 Å². The molecular formula is C21H27N3O4S. The molecule has 1 unspecified atom stereocenters. The van der Waals surface area contributed by atoms with Crippen LogP contribution in [-0.4, -0.2) is 40.0 Å². The Balaban J connectivity index is 2.09. The average molecular weight is 418 g/mol. The number of carbonyl (C=O) groups is 2. The normalized spacial score (nSPS) is 11.8. The summed E-state index contributed by atoms with van der Waals surface area (Å²) in [6.07, 6.45) is 2.58. The second kappa shape index (κ2) is 11.5.